The van der Waals surface area contributed by atoms with E-state index in [1.165, 1.54) is 6.07 Å². The third-order valence-electron chi connectivity index (χ3n) is 6.50. The summed E-state index contributed by atoms with van der Waals surface area (Å²) in [7, 11) is 4.00. The van der Waals surface area contributed by atoms with Crippen LogP contribution in [0.3, 0.4) is 0 Å². The van der Waals surface area contributed by atoms with Gasteiger partial charge in [0.15, 0.2) is 0 Å². The molecule has 0 bridgehead atoms. The van der Waals surface area contributed by atoms with Crippen molar-refractivity contribution in [2.75, 3.05) is 55.8 Å². The van der Waals surface area contributed by atoms with Crippen molar-refractivity contribution in [3.05, 3.63) is 85.0 Å². The van der Waals surface area contributed by atoms with Crippen LogP contribution in [0, 0.1) is 5.82 Å². The van der Waals surface area contributed by atoms with E-state index >= 15 is 0 Å². The molecular weight excluding hydrogens is 499 g/mol. The molecule has 0 unspecified atom stereocenters. The van der Waals surface area contributed by atoms with Gasteiger partial charge in [-0.25, -0.2) is 14.4 Å². The summed E-state index contributed by atoms with van der Waals surface area (Å²) in [5.41, 5.74) is 3.77. The number of nitrogens with one attached hydrogen (secondary N) is 2. The average Bonchev–Trinajstić information content (AvgIpc) is 2.97. The van der Waals surface area contributed by atoms with Gasteiger partial charge in [-0.1, -0.05) is 38.6 Å². The normalized spacial score (nSPS) is 13.2. The lowest BCUT2D eigenvalue weighted by Crippen LogP contribution is -2.44. The summed E-state index contributed by atoms with van der Waals surface area (Å²) in [6.45, 7) is 16.2. The summed E-state index contributed by atoms with van der Waals surface area (Å²) >= 11 is 0. The molecule has 0 aliphatic carbocycles. The van der Waals surface area contributed by atoms with Gasteiger partial charge in [-0.2, -0.15) is 0 Å². The Hall–Kier alpha value is -3.97. The number of halogens is 1. The molecule has 40 heavy (non-hydrogen) atoms. The second kappa shape index (κ2) is 15.0. The fourth-order valence-corrected chi connectivity index (χ4v) is 4.40. The standard InChI is InChI=1S/C19H20FN3.C12H17N3.C2H6/c1-12(2)23-18-8-16(7-17(20)10-18)13-4-5-14-11-22-19(21-3)9-15(14)6-13;1-3-11-4-5-13-12(10-11)15-8-6-14(2)7-9-15;1-2/h4-12,23H,1-3H3,(H,21,22);3-5,10H,1,6-9H2,2H3;1-2H3. The number of rotatable bonds is 6. The average molecular weight is 543 g/mol. The number of pyridine rings is 2. The largest absolute Gasteiger partial charge is 0.383 e. The molecule has 1 fully saturated rings. The SMILES string of the molecule is C=Cc1ccnc(N2CCN(C)CC2)c1.CC.CNc1cc2cc(-c3cc(F)cc(NC(C)C)c3)ccc2cn1. The van der Waals surface area contributed by atoms with Crippen LogP contribution in [0.15, 0.2) is 73.6 Å². The van der Waals surface area contributed by atoms with Gasteiger partial charge in [0.25, 0.3) is 0 Å². The van der Waals surface area contributed by atoms with E-state index in [1.807, 2.05) is 83.5 Å². The monoisotopic (exact) mass is 542 g/mol. The van der Waals surface area contributed by atoms with Gasteiger partial charge in [0.1, 0.15) is 17.5 Å². The van der Waals surface area contributed by atoms with Crippen LogP contribution in [0.5, 0.6) is 0 Å². The lowest BCUT2D eigenvalue weighted by molar-refractivity contribution is 0.312. The highest BCUT2D eigenvalue weighted by Gasteiger charge is 2.15. The van der Waals surface area contributed by atoms with Gasteiger partial charge < -0.3 is 20.4 Å². The van der Waals surface area contributed by atoms with Crippen molar-refractivity contribution in [3.8, 4) is 11.1 Å². The predicted molar refractivity (Wildman–Crippen MR) is 171 cm³/mol. The highest BCUT2D eigenvalue weighted by molar-refractivity contribution is 5.88. The van der Waals surface area contributed by atoms with Crippen molar-refractivity contribution >= 4 is 34.2 Å². The number of fused-ring (bicyclic) bond motifs is 1. The molecule has 1 saturated heterocycles. The van der Waals surface area contributed by atoms with Crippen molar-refractivity contribution in [2.45, 2.75) is 33.7 Å². The first kappa shape index (κ1) is 30.6. The molecule has 1 aliphatic rings. The van der Waals surface area contributed by atoms with E-state index in [-0.39, 0.29) is 11.9 Å². The minimum absolute atomic E-state index is 0.239. The first-order chi connectivity index (χ1) is 19.3. The third kappa shape index (κ3) is 8.52. The second-order valence-corrected chi connectivity index (χ2v) is 9.85. The van der Waals surface area contributed by atoms with Gasteiger partial charge in [-0.3, -0.25) is 0 Å². The maximum Gasteiger partial charge on any atom is 0.129 e. The van der Waals surface area contributed by atoms with E-state index in [9.17, 15) is 4.39 Å². The van der Waals surface area contributed by atoms with E-state index in [1.54, 1.807) is 6.07 Å². The lowest BCUT2D eigenvalue weighted by Gasteiger charge is -2.33. The molecule has 2 aromatic heterocycles. The molecule has 5 rings (SSSR count). The molecule has 0 saturated carbocycles. The van der Waals surface area contributed by atoms with Crippen molar-refractivity contribution in [2.24, 2.45) is 0 Å². The molecule has 3 heterocycles. The molecule has 1 aliphatic heterocycles. The Morgan fingerprint density at radius 2 is 1.65 bits per heavy atom. The van der Waals surface area contributed by atoms with Gasteiger partial charge in [-0.15, -0.1) is 0 Å². The van der Waals surface area contributed by atoms with E-state index in [2.05, 4.69) is 56.2 Å². The van der Waals surface area contributed by atoms with Crippen LogP contribution in [0.25, 0.3) is 28.0 Å². The van der Waals surface area contributed by atoms with E-state index in [0.717, 1.165) is 71.0 Å². The quantitative estimate of drug-likeness (QED) is 0.265. The Labute approximate surface area is 239 Å². The molecule has 4 aromatic rings. The van der Waals surface area contributed by atoms with Gasteiger partial charge in [0, 0.05) is 62.7 Å². The lowest BCUT2D eigenvalue weighted by atomic mass is 10.0. The van der Waals surface area contributed by atoms with Crippen molar-refractivity contribution < 1.29 is 4.39 Å². The summed E-state index contributed by atoms with van der Waals surface area (Å²) in [6, 6.07) is 17.5. The third-order valence-corrected chi connectivity index (χ3v) is 6.50. The van der Waals surface area contributed by atoms with Crippen LogP contribution in [0.4, 0.5) is 21.7 Å². The molecule has 212 valence electrons. The zero-order chi connectivity index (χ0) is 29.1. The molecule has 0 amide bonds. The van der Waals surface area contributed by atoms with Gasteiger partial charge in [-0.05, 0) is 85.4 Å². The Morgan fingerprint density at radius 1 is 0.900 bits per heavy atom. The summed E-state index contributed by atoms with van der Waals surface area (Å²) in [5, 5.41) is 8.42. The number of hydrogen-bond donors (Lipinski definition) is 2. The summed E-state index contributed by atoms with van der Waals surface area (Å²) in [6.07, 6.45) is 5.55. The first-order valence-corrected chi connectivity index (χ1v) is 14.0. The maximum atomic E-state index is 13.9. The van der Waals surface area contributed by atoms with Crippen LogP contribution < -0.4 is 15.5 Å². The highest BCUT2D eigenvalue weighted by Crippen LogP contribution is 2.28. The zero-order valence-electron chi connectivity index (χ0n) is 24.7. The number of aromatic nitrogens is 2. The summed E-state index contributed by atoms with van der Waals surface area (Å²) in [5.74, 6) is 1.65. The Morgan fingerprint density at radius 3 is 2.33 bits per heavy atom. The molecular formula is C33H43FN6. The Kier molecular flexibility index (Phi) is 11.5. The van der Waals surface area contributed by atoms with Gasteiger partial charge >= 0.3 is 0 Å². The fourth-order valence-electron chi connectivity index (χ4n) is 4.40. The fraction of sp³-hybridized carbons (Fsp3) is 0.333. The minimum atomic E-state index is -0.239. The molecule has 7 heteroatoms. The van der Waals surface area contributed by atoms with Crippen molar-refractivity contribution in [1.82, 2.24) is 14.9 Å². The number of likely N-dealkylation sites (N-methyl/N-ethyl adjacent to an activating group) is 1. The molecule has 2 N–H and O–H groups in total. The smallest absolute Gasteiger partial charge is 0.129 e. The summed E-state index contributed by atoms with van der Waals surface area (Å²) < 4.78 is 13.9. The molecule has 0 atom stereocenters. The van der Waals surface area contributed by atoms with Crippen LogP contribution in [-0.2, 0) is 0 Å². The molecule has 2 aromatic carbocycles. The topological polar surface area (TPSA) is 56.3 Å². The first-order valence-electron chi connectivity index (χ1n) is 14.0. The molecule has 0 radical (unpaired) electrons. The number of hydrogen-bond acceptors (Lipinski definition) is 6. The van der Waals surface area contributed by atoms with Crippen molar-refractivity contribution in [1.29, 1.82) is 0 Å². The number of anilines is 3. The predicted octanol–water partition coefficient (Wildman–Crippen LogP) is 7.41. The van der Waals surface area contributed by atoms with E-state index in [0.29, 0.717) is 0 Å². The number of piperazine rings is 1. The van der Waals surface area contributed by atoms with E-state index < -0.39 is 0 Å². The van der Waals surface area contributed by atoms with E-state index in [4.69, 9.17) is 0 Å². The summed E-state index contributed by atoms with van der Waals surface area (Å²) in [4.78, 5) is 13.4. The second-order valence-electron chi connectivity index (χ2n) is 9.85. The number of nitrogens with zero attached hydrogens (tertiary/aromatic N) is 4. The van der Waals surface area contributed by atoms with Crippen LogP contribution in [-0.4, -0.2) is 61.2 Å². The van der Waals surface area contributed by atoms with Gasteiger partial charge in [0.2, 0.25) is 0 Å². The Bertz CT molecular complexity index is 1380. The highest BCUT2D eigenvalue weighted by atomic mass is 19.1. The minimum Gasteiger partial charge on any atom is -0.383 e. The van der Waals surface area contributed by atoms with Crippen molar-refractivity contribution in [3.63, 3.8) is 0 Å². The molecule has 0 spiro atoms. The Balaban J connectivity index is 0.000000224. The zero-order valence-corrected chi connectivity index (χ0v) is 24.7. The van der Waals surface area contributed by atoms with Crippen LogP contribution in [0.2, 0.25) is 0 Å². The maximum absolute atomic E-state index is 13.9. The molecule has 6 nitrogen and oxygen atoms in total. The van der Waals surface area contributed by atoms with Gasteiger partial charge in [0.05, 0.1) is 0 Å². The van der Waals surface area contributed by atoms with Crippen LogP contribution in [0.1, 0.15) is 33.3 Å². The van der Waals surface area contributed by atoms with Crippen LogP contribution >= 0.6 is 0 Å². The number of benzene rings is 2.